The predicted octanol–water partition coefficient (Wildman–Crippen LogP) is 3.24. The third kappa shape index (κ3) is 3.87. The van der Waals surface area contributed by atoms with Gasteiger partial charge in [0.15, 0.2) is 12.4 Å². The van der Waals surface area contributed by atoms with Crippen LogP contribution in [0.3, 0.4) is 0 Å². The van der Waals surface area contributed by atoms with Crippen LogP contribution in [0.1, 0.15) is 37.0 Å². The minimum atomic E-state index is -0.763. The van der Waals surface area contributed by atoms with E-state index in [9.17, 15) is 14.4 Å². The Balaban J connectivity index is 1.51. The maximum absolute atomic E-state index is 12.9. The second-order valence-electron chi connectivity index (χ2n) is 7.70. The number of carbonyl (C=O) groups is 3. The number of fused-ring (bicyclic) bond motifs is 1. The minimum Gasteiger partial charge on any atom is -0.482 e. The third-order valence-electron chi connectivity index (χ3n) is 5.62. The quantitative estimate of drug-likeness (QED) is 0.770. The van der Waals surface area contributed by atoms with Crippen LogP contribution in [0.4, 0.5) is 17.1 Å². The first-order valence-corrected chi connectivity index (χ1v) is 10.2. The standard InChI is InChI=1S/C23H25N3O4/c1-15(23(29)24-18-6-8-19(9-7-18)25-11-3-4-12-25)26-20-13-17(16(2)27)5-10-21(20)30-14-22(26)28/h5-10,13,15H,3-4,11-12,14H2,1-2H3,(H,24,29). The molecule has 30 heavy (non-hydrogen) atoms. The van der Waals surface area contributed by atoms with E-state index < -0.39 is 6.04 Å². The zero-order valence-electron chi connectivity index (χ0n) is 17.2. The molecule has 2 aliphatic rings. The Labute approximate surface area is 175 Å². The van der Waals surface area contributed by atoms with Crippen LogP contribution in [0.5, 0.6) is 5.75 Å². The summed E-state index contributed by atoms with van der Waals surface area (Å²) in [5.41, 5.74) is 2.72. The average Bonchev–Trinajstić information content (AvgIpc) is 3.28. The van der Waals surface area contributed by atoms with Crippen LogP contribution < -0.4 is 19.9 Å². The lowest BCUT2D eigenvalue weighted by atomic mass is 10.1. The highest BCUT2D eigenvalue weighted by molar-refractivity contribution is 6.08. The van der Waals surface area contributed by atoms with Gasteiger partial charge in [-0.1, -0.05) is 0 Å². The number of rotatable bonds is 5. The number of amides is 2. The van der Waals surface area contributed by atoms with Crippen molar-refractivity contribution in [3.63, 3.8) is 0 Å². The summed E-state index contributed by atoms with van der Waals surface area (Å²) in [6.45, 7) is 5.10. The lowest BCUT2D eigenvalue weighted by Gasteiger charge is -2.33. The van der Waals surface area contributed by atoms with Crippen molar-refractivity contribution in [3.05, 3.63) is 48.0 Å². The number of nitrogens with zero attached hydrogens (tertiary/aromatic N) is 2. The van der Waals surface area contributed by atoms with Gasteiger partial charge in [0, 0.05) is 30.0 Å². The smallest absolute Gasteiger partial charge is 0.265 e. The van der Waals surface area contributed by atoms with Gasteiger partial charge in [0.25, 0.3) is 5.91 Å². The van der Waals surface area contributed by atoms with Crippen LogP contribution in [0.15, 0.2) is 42.5 Å². The van der Waals surface area contributed by atoms with Crippen molar-refractivity contribution < 1.29 is 19.1 Å². The van der Waals surface area contributed by atoms with Gasteiger partial charge < -0.3 is 15.0 Å². The number of anilines is 3. The molecule has 2 heterocycles. The maximum Gasteiger partial charge on any atom is 0.265 e. The molecule has 0 aliphatic carbocycles. The van der Waals surface area contributed by atoms with Crippen molar-refractivity contribution in [1.29, 1.82) is 0 Å². The Morgan fingerprint density at radius 2 is 1.77 bits per heavy atom. The third-order valence-corrected chi connectivity index (χ3v) is 5.62. The van der Waals surface area contributed by atoms with Gasteiger partial charge >= 0.3 is 0 Å². The molecule has 0 bridgehead atoms. The minimum absolute atomic E-state index is 0.119. The number of hydrogen-bond donors (Lipinski definition) is 1. The fourth-order valence-corrected chi connectivity index (χ4v) is 3.91. The highest BCUT2D eigenvalue weighted by Crippen LogP contribution is 2.34. The number of hydrogen-bond acceptors (Lipinski definition) is 5. The van der Waals surface area contributed by atoms with E-state index in [4.69, 9.17) is 4.74 Å². The second-order valence-corrected chi connectivity index (χ2v) is 7.70. The molecule has 2 aromatic carbocycles. The first kappa shape index (κ1) is 19.9. The predicted molar refractivity (Wildman–Crippen MR) is 115 cm³/mol. The molecule has 0 radical (unpaired) electrons. The summed E-state index contributed by atoms with van der Waals surface area (Å²) in [4.78, 5) is 40.9. The van der Waals surface area contributed by atoms with E-state index in [2.05, 4.69) is 10.2 Å². The maximum atomic E-state index is 12.9. The molecule has 2 aliphatic heterocycles. The van der Waals surface area contributed by atoms with E-state index >= 15 is 0 Å². The molecule has 1 atom stereocenters. The highest BCUT2D eigenvalue weighted by atomic mass is 16.5. The Hall–Kier alpha value is -3.35. The Kier molecular flexibility index (Phi) is 5.44. The zero-order chi connectivity index (χ0) is 21.3. The zero-order valence-corrected chi connectivity index (χ0v) is 17.2. The number of benzene rings is 2. The number of ether oxygens (including phenoxy) is 1. The van der Waals surface area contributed by atoms with E-state index in [1.807, 2.05) is 24.3 Å². The van der Waals surface area contributed by atoms with Gasteiger partial charge in [-0.25, -0.2) is 0 Å². The van der Waals surface area contributed by atoms with Crippen molar-refractivity contribution >= 4 is 34.7 Å². The largest absolute Gasteiger partial charge is 0.482 e. The molecule has 1 unspecified atom stereocenters. The molecule has 0 saturated carbocycles. The van der Waals surface area contributed by atoms with Crippen LogP contribution in [0.2, 0.25) is 0 Å². The molecule has 0 spiro atoms. The second kappa shape index (κ2) is 8.18. The normalized spacial score (nSPS) is 16.7. The van der Waals surface area contributed by atoms with Crippen molar-refractivity contribution in [3.8, 4) is 5.75 Å². The van der Waals surface area contributed by atoms with Gasteiger partial charge in [0.2, 0.25) is 5.91 Å². The van der Waals surface area contributed by atoms with Crippen molar-refractivity contribution in [2.24, 2.45) is 0 Å². The fourth-order valence-electron chi connectivity index (χ4n) is 3.91. The summed E-state index contributed by atoms with van der Waals surface area (Å²) in [5, 5.41) is 2.89. The topological polar surface area (TPSA) is 79.0 Å². The molecule has 1 fully saturated rings. The SMILES string of the molecule is CC(=O)c1ccc2c(c1)N(C(C)C(=O)Nc1ccc(N3CCCC3)cc1)C(=O)CO2. The molecular weight excluding hydrogens is 382 g/mol. The summed E-state index contributed by atoms with van der Waals surface area (Å²) in [6.07, 6.45) is 2.41. The van der Waals surface area contributed by atoms with E-state index in [1.54, 1.807) is 25.1 Å². The summed E-state index contributed by atoms with van der Waals surface area (Å²) in [6, 6.07) is 11.9. The number of carbonyl (C=O) groups excluding carboxylic acids is 3. The van der Waals surface area contributed by atoms with Crippen LogP contribution in [-0.2, 0) is 9.59 Å². The Bertz CT molecular complexity index is 980. The molecule has 2 amide bonds. The molecule has 4 rings (SSSR count). The molecule has 7 heteroatoms. The molecule has 7 nitrogen and oxygen atoms in total. The lowest BCUT2D eigenvalue weighted by molar-refractivity contribution is -0.125. The summed E-state index contributed by atoms with van der Waals surface area (Å²) in [5.74, 6) is -0.270. The molecular formula is C23H25N3O4. The molecule has 1 saturated heterocycles. The van der Waals surface area contributed by atoms with E-state index in [0.29, 0.717) is 22.7 Å². The van der Waals surface area contributed by atoms with E-state index in [0.717, 1.165) is 18.8 Å². The van der Waals surface area contributed by atoms with Crippen LogP contribution in [0.25, 0.3) is 0 Å². The fraction of sp³-hybridized carbons (Fsp3) is 0.348. The number of nitrogens with one attached hydrogen (secondary N) is 1. The number of ketones is 1. The van der Waals surface area contributed by atoms with Gasteiger partial charge in [-0.2, -0.15) is 0 Å². The van der Waals surface area contributed by atoms with Crippen molar-refractivity contribution in [2.45, 2.75) is 32.7 Å². The highest BCUT2D eigenvalue weighted by Gasteiger charge is 2.33. The van der Waals surface area contributed by atoms with E-state index in [1.165, 1.54) is 24.7 Å². The van der Waals surface area contributed by atoms with Gasteiger partial charge in [0.1, 0.15) is 11.8 Å². The Morgan fingerprint density at radius 1 is 1.07 bits per heavy atom. The first-order chi connectivity index (χ1) is 14.4. The van der Waals surface area contributed by atoms with Crippen molar-refractivity contribution in [2.75, 3.05) is 34.8 Å². The van der Waals surface area contributed by atoms with Gasteiger partial charge in [0.05, 0.1) is 5.69 Å². The monoisotopic (exact) mass is 407 g/mol. The molecule has 0 aromatic heterocycles. The van der Waals surface area contributed by atoms with Gasteiger partial charge in [-0.05, 0) is 69.2 Å². The van der Waals surface area contributed by atoms with E-state index in [-0.39, 0.29) is 24.2 Å². The van der Waals surface area contributed by atoms with Crippen LogP contribution in [0, 0.1) is 0 Å². The lowest BCUT2D eigenvalue weighted by Crippen LogP contribution is -2.49. The first-order valence-electron chi connectivity index (χ1n) is 10.2. The summed E-state index contributed by atoms with van der Waals surface area (Å²) < 4.78 is 5.47. The molecule has 1 N–H and O–H groups in total. The van der Waals surface area contributed by atoms with Crippen LogP contribution >= 0.6 is 0 Å². The molecule has 2 aromatic rings. The summed E-state index contributed by atoms with van der Waals surface area (Å²) in [7, 11) is 0. The van der Waals surface area contributed by atoms with Crippen molar-refractivity contribution in [1.82, 2.24) is 0 Å². The number of Topliss-reactive ketones (excluding diaryl/α,β-unsaturated/α-hetero) is 1. The molecule has 156 valence electrons. The Morgan fingerprint density at radius 3 is 2.43 bits per heavy atom. The van der Waals surface area contributed by atoms with Gasteiger partial charge in [-0.15, -0.1) is 0 Å². The average molecular weight is 407 g/mol. The summed E-state index contributed by atoms with van der Waals surface area (Å²) >= 11 is 0. The van der Waals surface area contributed by atoms with Gasteiger partial charge in [-0.3, -0.25) is 19.3 Å². The van der Waals surface area contributed by atoms with Crippen LogP contribution in [-0.4, -0.2) is 43.3 Å².